The average molecular weight is 1010 g/mol. The molecule has 9 nitrogen and oxygen atoms in total. The van der Waals surface area contributed by atoms with E-state index in [1.54, 1.807) is 0 Å². The summed E-state index contributed by atoms with van der Waals surface area (Å²) in [6, 6.07) is 0. The van der Waals surface area contributed by atoms with Gasteiger partial charge in [0.1, 0.15) is 13.2 Å². The van der Waals surface area contributed by atoms with Crippen LogP contribution in [0.4, 0.5) is 0 Å². The number of quaternary nitrogens is 1. The lowest BCUT2D eigenvalue weighted by Gasteiger charge is -2.25. The Morgan fingerprint density at radius 2 is 0.792 bits per heavy atom. The summed E-state index contributed by atoms with van der Waals surface area (Å²) in [5.74, 6) is -2.04. The summed E-state index contributed by atoms with van der Waals surface area (Å²) < 4.78 is 22.8. The van der Waals surface area contributed by atoms with Gasteiger partial charge in [0.25, 0.3) is 6.29 Å². The van der Waals surface area contributed by atoms with Crippen molar-refractivity contribution in [2.24, 2.45) is 0 Å². The number of carbonyl (C=O) groups is 3. The lowest BCUT2D eigenvalue weighted by Crippen LogP contribution is -2.40. The minimum Gasteiger partial charge on any atom is -0.477 e. The zero-order chi connectivity index (χ0) is 52.7. The normalized spacial score (nSPS) is 13.6. The van der Waals surface area contributed by atoms with Gasteiger partial charge in [0.05, 0.1) is 34.4 Å². The van der Waals surface area contributed by atoms with Crippen molar-refractivity contribution in [3.63, 3.8) is 0 Å². The standard InChI is InChI=1S/C63H105NO8/c1-6-8-10-12-14-16-18-20-22-23-24-25-26-27-28-29-30-31-32-33-34-35-36-37-38-39-40-42-44-46-48-50-52-54-61(66)72-59(58-71-63(62(67)68)69-56-55-64(3,4)5)57-70-60(65)53-51-49-47-45-43-41-21-19-17-15-13-11-9-7-2/h8,10,14,16,20,22,24-25,27-28,30-31,33-34,36-37,39-40,59,63H,6-7,9,11-13,15,17-19,21,23,26,29,32,35,38,41-58H2,1-5H3/p+1/b10-8-,16-14-,22-20-,25-24-,28-27-,31-30-,34-33-,37-36-,40-39-. The summed E-state index contributed by atoms with van der Waals surface area (Å²) in [5, 5.41) is 9.68. The van der Waals surface area contributed by atoms with E-state index in [0.717, 1.165) is 109 Å². The Balaban J connectivity index is 4.29. The van der Waals surface area contributed by atoms with E-state index in [9.17, 15) is 19.5 Å². The Morgan fingerprint density at radius 3 is 1.18 bits per heavy atom. The molecule has 1 N–H and O–H groups in total. The number of hydrogen-bond acceptors (Lipinski definition) is 7. The van der Waals surface area contributed by atoms with Gasteiger partial charge in [-0.25, -0.2) is 4.79 Å². The first-order valence-corrected chi connectivity index (χ1v) is 28.6. The Bertz CT molecular complexity index is 1540. The maximum atomic E-state index is 12.9. The smallest absolute Gasteiger partial charge is 0.361 e. The van der Waals surface area contributed by atoms with Gasteiger partial charge in [0, 0.05) is 12.8 Å². The van der Waals surface area contributed by atoms with E-state index in [2.05, 4.69) is 123 Å². The summed E-state index contributed by atoms with van der Waals surface area (Å²) >= 11 is 0. The van der Waals surface area contributed by atoms with Crippen molar-refractivity contribution in [2.45, 2.75) is 225 Å². The van der Waals surface area contributed by atoms with Gasteiger partial charge in [0.15, 0.2) is 6.10 Å². The number of carbonyl (C=O) groups excluding carboxylic acids is 2. The quantitative estimate of drug-likeness (QED) is 0.0211. The van der Waals surface area contributed by atoms with Crippen LogP contribution in [-0.4, -0.2) is 87.4 Å². The SMILES string of the molecule is CC/C=C\C/C=C\C/C=C\C/C=C\C/C=C\C/C=C\C/C=C\C/C=C\C/C=C\CCCCCCCC(=O)OC(COC(=O)CCCCCCCCCCCCCCCC)COC(OCC[N+](C)(C)C)C(=O)O. The van der Waals surface area contributed by atoms with E-state index in [0.29, 0.717) is 23.9 Å². The highest BCUT2D eigenvalue weighted by molar-refractivity contribution is 5.71. The van der Waals surface area contributed by atoms with Crippen molar-refractivity contribution in [1.29, 1.82) is 0 Å². The molecule has 0 heterocycles. The average Bonchev–Trinajstić information content (AvgIpc) is 3.35. The van der Waals surface area contributed by atoms with Crippen LogP contribution in [0.3, 0.4) is 0 Å². The van der Waals surface area contributed by atoms with Crippen molar-refractivity contribution >= 4 is 17.9 Å². The predicted molar refractivity (Wildman–Crippen MR) is 304 cm³/mol. The van der Waals surface area contributed by atoms with E-state index in [1.807, 2.05) is 21.1 Å². The molecule has 2 atom stereocenters. The molecule has 0 bridgehead atoms. The highest BCUT2D eigenvalue weighted by Gasteiger charge is 2.25. The third-order valence-electron chi connectivity index (χ3n) is 11.8. The van der Waals surface area contributed by atoms with Crippen LogP contribution in [0.2, 0.25) is 0 Å². The number of allylic oxidation sites excluding steroid dienone is 18. The van der Waals surface area contributed by atoms with Gasteiger partial charge in [-0.2, -0.15) is 0 Å². The van der Waals surface area contributed by atoms with Gasteiger partial charge < -0.3 is 28.5 Å². The minimum atomic E-state index is -1.52. The van der Waals surface area contributed by atoms with Crippen molar-refractivity contribution in [1.82, 2.24) is 0 Å². The molecule has 0 rings (SSSR count). The number of carboxylic acids is 1. The number of aliphatic carboxylic acids is 1. The second-order valence-electron chi connectivity index (χ2n) is 19.9. The molecular formula is C63H106NO8+. The molecule has 2 unspecified atom stereocenters. The fourth-order valence-corrected chi connectivity index (χ4v) is 7.42. The van der Waals surface area contributed by atoms with Gasteiger partial charge in [-0.05, 0) is 83.5 Å². The molecular weight excluding hydrogens is 899 g/mol. The van der Waals surface area contributed by atoms with Gasteiger partial charge in [0.2, 0.25) is 0 Å². The molecule has 0 spiro atoms. The first kappa shape index (κ1) is 68.0. The molecule has 0 saturated heterocycles. The molecule has 0 aliphatic carbocycles. The number of nitrogens with zero attached hydrogens (tertiary/aromatic N) is 1. The largest absolute Gasteiger partial charge is 0.477 e. The van der Waals surface area contributed by atoms with Crippen LogP contribution in [0.5, 0.6) is 0 Å². The molecule has 0 aromatic heterocycles. The summed E-state index contributed by atoms with van der Waals surface area (Å²) in [6.07, 6.45) is 70.2. The van der Waals surface area contributed by atoms with Crippen LogP contribution in [0.25, 0.3) is 0 Å². The van der Waals surface area contributed by atoms with Crippen LogP contribution >= 0.6 is 0 Å². The first-order chi connectivity index (χ1) is 35.1. The Labute approximate surface area is 441 Å². The van der Waals surface area contributed by atoms with Crippen LogP contribution in [0.15, 0.2) is 109 Å². The molecule has 72 heavy (non-hydrogen) atoms. The topological polar surface area (TPSA) is 108 Å². The molecule has 0 radical (unpaired) electrons. The van der Waals surface area contributed by atoms with Crippen LogP contribution in [0.1, 0.15) is 213 Å². The number of unbranched alkanes of at least 4 members (excludes halogenated alkanes) is 18. The zero-order valence-electron chi connectivity index (χ0n) is 46.5. The number of hydrogen-bond donors (Lipinski definition) is 1. The fraction of sp³-hybridized carbons (Fsp3) is 0.667. The van der Waals surface area contributed by atoms with Crippen molar-refractivity contribution < 1.29 is 42.9 Å². The minimum absolute atomic E-state index is 0.179. The second kappa shape index (κ2) is 53.2. The third kappa shape index (κ3) is 53.7. The summed E-state index contributed by atoms with van der Waals surface area (Å²) in [5.41, 5.74) is 0. The van der Waals surface area contributed by atoms with Gasteiger partial charge >= 0.3 is 17.9 Å². The van der Waals surface area contributed by atoms with Crippen LogP contribution in [0, 0.1) is 0 Å². The van der Waals surface area contributed by atoms with E-state index in [1.165, 1.54) is 70.6 Å². The lowest BCUT2D eigenvalue weighted by molar-refractivity contribution is -0.870. The van der Waals surface area contributed by atoms with Crippen LogP contribution < -0.4 is 0 Å². The summed E-state index contributed by atoms with van der Waals surface area (Å²) in [6.45, 7) is 4.73. The van der Waals surface area contributed by atoms with Gasteiger partial charge in [-0.1, -0.05) is 226 Å². The molecule has 9 heteroatoms. The number of esters is 2. The number of carboxylic acid groups (broad SMARTS) is 1. The molecule has 410 valence electrons. The molecule has 0 amide bonds. The highest BCUT2D eigenvalue weighted by atomic mass is 16.7. The molecule has 0 saturated carbocycles. The maximum absolute atomic E-state index is 12.9. The van der Waals surface area contributed by atoms with Gasteiger partial charge in [-0.15, -0.1) is 0 Å². The van der Waals surface area contributed by atoms with Crippen molar-refractivity contribution in [3.05, 3.63) is 109 Å². The van der Waals surface area contributed by atoms with E-state index < -0.39 is 24.3 Å². The molecule has 0 aromatic carbocycles. The Morgan fingerprint density at radius 1 is 0.431 bits per heavy atom. The first-order valence-electron chi connectivity index (χ1n) is 28.6. The molecule has 0 fully saturated rings. The van der Waals surface area contributed by atoms with Crippen molar-refractivity contribution in [3.8, 4) is 0 Å². The zero-order valence-corrected chi connectivity index (χ0v) is 46.5. The summed E-state index contributed by atoms with van der Waals surface area (Å²) in [4.78, 5) is 37.3. The molecule has 0 aliphatic rings. The van der Waals surface area contributed by atoms with E-state index in [-0.39, 0.29) is 32.2 Å². The number of rotatable bonds is 51. The highest BCUT2D eigenvalue weighted by Crippen LogP contribution is 2.15. The van der Waals surface area contributed by atoms with Crippen molar-refractivity contribution in [2.75, 3.05) is 47.5 Å². The van der Waals surface area contributed by atoms with Gasteiger partial charge in [-0.3, -0.25) is 9.59 Å². The van der Waals surface area contributed by atoms with Crippen LogP contribution in [-0.2, 0) is 33.3 Å². The number of likely N-dealkylation sites (N-methyl/N-ethyl adjacent to an activating group) is 1. The fourth-order valence-electron chi connectivity index (χ4n) is 7.42. The monoisotopic (exact) mass is 1000 g/mol. The predicted octanol–water partition coefficient (Wildman–Crippen LogP) is 16.7. The third-order valence-corrected chi connectivity index (χ3v) is 11.8. The molecule has 0 aliphatic heterocycles. The molecule has 0 aromatic rings. The van der Waals surface area contributed by atoms with E-state index in [4.69, 9.17) is 18.9 Å². The Kier molecular flexibility index (Phi) is 50.3. The summed E-state index contributed by atoms with van der Waals surface area (Å²) in [7, 11) is 5.95. The number of ether oxygens (including phenoxy) is 4. The lowest BCUT2D eigenvalue weighted by atomic mass is 10.0. The maximum Gasteiger partial charge on any atom is 0.361 e. The van der Waals surface area contributed by atoms with E-state index >= 15 is 0 Å². The Hall–Kier alpha value is -4.05. The second-order valence-corrected chi connectivity index (χ2v) is 19.9.